The molecular weight excluding hydrogens is 422 g/mol. The number of anilines is 1. The first-order valence-corrected chi connectivity index (χ1v) is 9.26. The second kappa shape index (κ2) is 7.35. The van der Waals surface area contributed by atoms with E-state index in [9.17, 15) is 4.79 Å². The second-order valence-corrected chi connectivity index (χ2v) is 7.11. The lowest BCUT2D eigenvalue weighted by Crippen LogP contribution is -2.15. The van der Waals surface area contributed by atoms with E-state index in [0.717, 1.165) is 21.3 Å². The minimum atomic E-state index is -0.240. The fourth-order valence-electron chi connectivity index (χ4n) is 3.01. The lowest BCUT2D eigenvalue weighted by molar-refractivity contribution is 0.102. The van der Waals surface area contributed by atoms with Crippen molar-refractivity contribution in [1.82, 2.24) is 30.0 Å². The molecule has 0 aliphatic rings. The molecule has 2 heterocycles. The highest BCUT2D eigenvalue weighted by molar-refractivity contribution is 9.10. The molecule has 0 atom stereocenters. The number of benzene rings is 2. The summed E-state index contributed by atoms with van der Waals surface area (Å²) in [6, 6.07) is 15.0. The molecule has 2 aromatic heterocycles. The zero-order valence-corrected chi connectivity index (χ0v) is 16.8. The van der Waals surface area contributed by atoms with Crippen LogP contribution in [0.15, 0.2) is 59.3 Å². The maximum Gasteiger partial charge on any atom is 0.256 e. The van der Waals surface area contributed by atoms with Crippen LogP contribution in [0.2, 0.25) is 0 Å². The molecule has 1 amide bonds. The van der Waals surface area contributed by atoms with E-state index in [0.29, 0.717) is 17.1 Å². The molecule has 0 spiro atoms. The number of nitrogens with one attached hydrogen (secondary N) is 1. The number of halogens is 1. The number of rotatable bonds is 4. The molecule has 0 bridgehead atoms. The quantitative estimate of drug-likeness (QED) is 0.528. The summed E-state index contributed by atoms with van der Waals surface area (Å²) in [4.78, 5) is 12.9. The molecule has 0 radical (unpaired) electrons. The minimum Gasteiger partial charge on any atom is -0.306 e. The highest BCUT2D eigenvalue weighted by Crippen LogP contribution is 2.32. The van der Waals surface area contributed by atoms with Crippen LogP contribution in [-0.4, -0.2) is 35.9 Å². The van der Waals surface area contributed by atoms with Crippen molar-refractivity contribution in [2.24, 2.45) is 7.05 Å². The predicted molar refractivity (Wildman–Crippen MR) is 108 cm³/mol. The van der Waals surface area contributed by atoms with E-state index >= 15 is 0 Å². The van der Waals surface area contributed by atoms with E-state index in [2.05, 4.69) is 41.9 Å². The maximum absolute atomic E-state index is 12.9. The van der Waals surface area contributed by atoms with Crippen LogP contribution < -0.4 is 5.32 Å². The molecule has 4 aromatic rings. The zero-order chi connectivity index (χ0) is 19.7. The molecular formula is C19H16BrN7O. The van der Waals surface area contributed by atoms with Gasteiger partial charge in [0.05, 0.1) is 11.4 Å². The number of nitrogens with zero attached hydrogens (tertiary/aromatic N) is 6. The monoisotopic (exact) mass is 437 g/mol. The molecule has 1 N–H and O–H groups in total. The SMILES string of the molecule is Cc1nn(C)c(NC(=O)c2cccc(-n3cnnn3)c2)c1-c1ccc(Br)cc1. The van der Waals surface area contributed by atoms with Gasteiger partial charge in [-0.2, -0.15) is 5.10 Å². The lowest BCUT2D eigenvalue weighted by atomic mass is 10.1. The predicted octanol–water partition coefficient (Wildman–Crippen LogP) is 3.39. The standard InChI is InChI=1S/C19H16BrN7O/c1-12-17(13-6-8-15(20)9-7-13)18(26(2)23-12)22-19(28)14-4-3-5-16(10-14)27-11-21-24-25-27/h3-11H,1-2H3,(H,22,28). The van der Waals surface area contributed by atoms with Gasteiger partial charge in [-0.25, -0.2) is 4.68 Å². The van der Waals surface area contributed by atoms with Crippen LogP contribution in [-0.2, 0) is 7.05 Å². The topological polar surface area (TPSA) is 90.5 Å². The Kier molecular flexibility index (Phi) is 4.74. The first-order chi connectivity index (χ1) is 13.5. The Morgan fingerprint density at radius 3 is 2.64 bits per heavy atom. The Morgan fingerprint density at radius 2 is 1.93 bits per heavy atom. The highest BCUT2D eigenvalue weighted by Gasteiger charge is 2.18. The smallest absolute Gasteiger partial charge is 0.256 e. The average Bonchev–Trinajstić information content (AvgIpc) is 3.32. The summed E-state index contributed by atoms with van der Waals surface area (Å²) >= 11 is 3.45. The third-order valence-corrected chi connectivity index (χ3v) is 4.84. The van der Waals surface area contributed by atoms with Crippen molar-refractivity contribution < 1.29 is 4.79 Å². The molecule has 0 aliphatic heterocycles. The van der Waals surface area contributed by atoms with Crippen LogP contribution in [0.5, 0.6) is 0 Å². The molecule has 28 heavy (non-hydrogen) atoms. The number of hydrogen-bond donors (Lipinski definition) is 1. The van der Waals surface area contributed by atoms with Crippen molar-refractivity contribution in [2.45, 2.75) is 6.92 Å². The van der Waals surface area contributed by atoms with Crippen molar-refractivity contribution in [2.75, 3.05) is 5.32 Å². The molecule has 0 unspecified atom stereocenters. The molecule has 0 fully saturated rings. The van der Waals surface area contributed by atoms with Crippen LogP contribution in [0.4, 0.5) is 5.82 Å². The third kappa shape index (κ3) is 3.44. The summed E-state index contributed by atoms with van der Waals surface area (Å²) < 4.78 is 4.16. The summed E-state index contributed by atoms with van der Waals surface area (Å²) in [7, 11) is 1.81. The number of aromatic nitrogens is 6. The first-order valence-electron chi connectivity index (χ1n) is 8.47. The van der Waals surface area contributed by atoms with Crippen molar-refractivity contribution in [3.63, 3.8) is 0 Å². The van der Waals surface area contributed by atoms with Crippen molar-refractivity contribution >= 4 is 27.7 Å². The van der Waals surface area contributed by atoms with Crippen molar-refractivity contribution in [1.29, 1.82) is 0 Å². The Balaban J connectivity index is 1.67. The van der Waals surface area contributed by atoms with E-state index < -0.39 is 0 Å². The van der Waals surface area contributed by atoms with Gasteiger partial charge in [0.25, 0.3) is 5.91 Å². The van der Waals surface area contributed by atoms with Gasteiger partial charge in [-0.15, -0.1) is 5.10 Å². The van der Waals surface area contributed by atoms with Crippen LogP contribution in [0.3, 0.4) is 0 Å². The van der Waals surface area contributed by atoms with Gasteiger partial charge in [0.1, 0.15) is 12.1 Å². The van der Waals surface area contributed by atoms with E-state index in [1.807, 2.05) is 44.3 Å². The Morgan fingerprint density at radius 1 is 1.14 bits per heavy atom. The van der Waals surface area contributed by atoms with Gasteiger partial charge < -0.3 is 5.32 Å². The number of tetrazole rings is 1. The van der Waals surface area contributed by atoms with Gasteiger partial charge >= 0.3 is 0 Å². The highest BCUT2D eigenvalue weighted by atomic mass is 79.9. The maximum atomic E-state index is 12.9. The molecule has 4 rings (SSSR count). The number of carbonyl (C=O) groups is 1. The number of amides is 1. The number of carbonyl (C=O) groups excluding carboxylic acids is 1. The second-order valence-electron chi connectivity index (χ2n) is 6.20. The van der Waals surface area contributed by atoms with E-state index in [1.165, 1.54) is 11.0 Å². The van der Waals surface area contributed by atoms with Gasteiger partial charge in [0, 0.05) is 22.6 Å². The molecule has 0 saturated carbocycles. The Bertz CT molecular complexity index is 1130. The summed E-state index contributed by atoms with van der Waals surface area (Å²) in [6.07, 6.45) is 1.48. The molecule has 0 aliphatic carbocycles. The molecule has 9 heteroatoms. The summed E-state index contributed by atoms with van der Waals surface area (Å²) in [6.45, 7) is 1.92. The molecule has 8 nitrogen and oxygen atoms in total. The van der Waals surface area contributed by atoms with Crippen molar-refractivity contribution in [3.8, 4) is 16.8 Å². The molecule has 140 valence electrons. The average molecular weight is 438 g/mol. The third-order valence-electron chi connectivity index (χ3n) is 4.31. The van der Waals surface area contributed by atoms with Crippen LogP contribution in [0, 0.1) is 6.92 Å². The van der Waals surface area contributed by atoms with Gasteiger partial charge in [-0.3, -0.25) is 9.48 Å². The van der Waals surface area contributed by atoms with E-state index in [4.69, 9.17) is 0 Å². The normalized spacial score (nSPS) is 10.8. The van der Waals surface area contributed by atoms with Gasteiger partial charge in [-0.1, -0.05) is 34.1 Å². The molecule has 2 aromatic carbocycles. The fraction of sp³-hybridized carbons (Fsp3) is 0.105. The van der Waals surface area contributed by atoms with Gasteiger partial charge in [0.15, 0.2) is 0 Å². The number of hydrogen-bond acceptors (Lipinski definition) is 5. The fourth-order valence-corrected chi connectivity index (χ4v) is 3.28. The van der Waals surface area contributed by atoms with Gasteiger partial charge in [0.2, 0.25) is 0 Å². The van der Waals surface area contributed by atoms with Crippen LogP contribution in [0.25, 0.3) is 16.8 Å². The Hall–Kier alpha value is -3.33. The summed E-state index contributed by atoms with van der Waals surface area (Å²) in [5.74, 6) is 0.397. The lowest BCUT2D eigenvalue weighted by Gasteiger charge is -2.10. The van der Waals surface area contributed by atoms with Gasteiger partial charge in [-0.05, 0) is 53.2 Å². The van der Waals surface area contributed by atoms with E-state index in [-0.39, 0.29) is 5.91 Å². The number of aryl methyl sites for hydroxylation is 2. The summed E-state index contributed by atoms with van der Waals surface area (Å²) in [5.41, 5.74) is 3.90. The largest absolute Gasteiger partial charge is 0.306 e. The zero-order valence-electron chi connectivity index (χ0n) is 15.2. The van der Waals surface area contributed by atoms with Crippen LogP contribution >= 0.6 is 15.9 Å². The first kappa shape index (κ1) is 18.1. The molecule has 0 saturated heterocycles. The Labute approximate surface area is 169 Å². The van der Waals surface area contributed by atoms with E-state index in [1.54, 1.807) is 22.9 Å². The minimum absolute atomic E-state index is 0.240. The summed E-state index contributed by atoms with van der Waals surface area (Å²) in [5, 5.41) is 18.6. The van der Waals surface area contributed by atoms with Crippen LogP contribution in [0.1, 0.15) is 16.1 Å². The van der Waals surface area contributed by atoms with Crippen molar-refractivity contribution in [3.05, 3.63) is 70.6 Å².